The Bertz CT molecular complexity index is 544. The fraction of sp³-hybridized carbons (Fsp3) is 0.286. The number of benzene rings is 1. The van der Waals surface area contributed by atoms with Crippen LogP contribution in [0.2, 0.25) is 0 Å². The molecule has 19 heavy (non-hydrogen) atoms. The summed E-state index contributed by atoms with van der Waals surface area (Å²) in [4.78, 5) is 10.8. The lowest BCUT2D eigenvalue weighted by Crippen LogP contribution is -2.18. The van der Waals surface area contributed by atoms with Crippen molar-refractivity contribution in [2.24, 2.45) is 0 Å². The van der Waals surface area contributed by atoms with Gasteiger partial charge in [-0.1, -0.05) is 28.1 Å². The van der Waals surface area contributed by atoms with Crippen molar-refractivity contribution in [1.82, 2.24) is 9.97 Å². The fourth-order valence-electron chi connectivity index (χ4n) is 1.80. The van der Waals surface area contributed by atoms with E-state index in [9.17, 15) is 0 Å². The van der Waals surface area contributed by atoms with Gasteiger partial charge in [0, 0.05) is 30.8 Å². The molecule has 100 valence electrons. The third-order valence-corrected chi connectivity index (χ3v) is 3.17. The molecule has 1 aromatic heterocycles. The SMILES string of the molecule is CCNc1nccc(N(C)Cc2cccc(Br)c2)n1. The molecule has 1 N–H and O–H groups in total. The minimum atomic E-state index is 0.668. The van der Waals surface area contributed by atoms with Crippen LogP contribution in [0.5, 0.6) is 0 Å². The van der Waals surface area contributed by atoms with E-state index in [0.29, 0.717) is 5.95 Å². The zero-order valence-corrected chi connectivity index (χ0v) is 12.7. The summed E-state index contributed by atoms with van der Waals surface area (Å²) in [5.41, 5.74) is 1.24. The molecule has 5 heteroatoms. The molecular formula is C14H17BrN4. The zero-order valence-electron chi connectivity index (χ0n) is 11.1. The van der Waals surface area contributed by atoms with Gasteiger partial charge in [-0.15, -0.1) is 0 Å². The van der Waals surface area contributed by atoms with Gasteiger partial charge in [0.2, 0.25) is 5.95 Å². The summed E-state index contributed by atoms with van der Waals surface area (Å²) >= 11 is 3.49. The highest BCUT2D eigenvalue weighted by atomic mass is 79.9. The molecule has 1 heterocycles. The van der Waals surface area contributed by atoms with Crippen molar-refractivity contribution in [3.8, 4) is 0 Å². The summed E-state index contributed by atoms with van der Waals surface area (Å²) in [6.07, 6.45) is 1.78. The second-order valence-corrected chi connectivity index (χ2v) is 5.17. The minimum Gasteiger partial charge on any atom is -0.355 e. The average molecular weight is 321 g/mol. The molecule has 0 aliphatic carbocycles. The van der Waals surface area contributed by atoms with E-state index in [1.807, 2.05) is 32.2 Å². The number of nitrogens with one attached hydrogen (secondary N) is 1. The van der Waals surface area contributed by atoms with Crippen LogP contribution in [0.4, 0.5) is 11.8 Å². The smallest absolute Gasteiger partial charge is 0.224 e. The molecule has 0 amide bonds. The highest BCUT2D eigenvalue weighted by Crippen LogP contribution is 2.16. The van der Waals surface area contributed by atoms with Gasteiger partial charge in [0.15, 0.2) is 0 Å². The molecule has 0 atom stereocenters. The molecule has 0 radical (unpaired) electrons. The Kier molecular flexibility index (Phi) is 4.74. The second-order valence-electron chi connectivity index (χ2n) is 4.25. The Morgan fingerprint density at radius 1 is 1.32 bits per heavy atom. The first-order chi connectivity index (χ1) is 9.19. The molecule has 0 aliphatic rings. The van der Waals surface area contributed by atoms with Gasteiger partial charge in [-0.25, -0.2) is 4.98 Å². The summed E-state index contributed by atoms with van der Waals surface area (Å²) in [5, 5.41) is 3.12. The third kappa shape index (κ3) is 3.92. The van der Waals surface area contributed by atoms with Gasteiger partial charge < -0.3 is 10.2 Å². The molecule has 1 aromatic carbocycles. The summed E-state index contributed by atoms with van der Waals surface area (Å²) in [6.45, 7) is 3.65. The molecule has 0 saturated heterocycles. The topological polar surface area (TPSA) is 41.1 Å². The number of halogens is 1. The standard InChI is InChI=1S/C14H17BrN4/c1-3-16-14-17-8-7-13(18-14)19(2)10-11-5-4-6-12(15)9-11/h4-9H,3,10H2,1-2H3,(H,16,17,18). The molecule has 0 saturated carbocycles. The number of hydrogen-bond acceptors (Lipinski definition) is 4. The maximum absolute atomic E-state index is 4.47. The van der Waals surface area contributed by atoms with Crippen LogP contribution in [0.3, 0.4) is 0 Å². The van der Waals surface area contributed by atoms with Gasteiger partial charge in [-0.3, -0.25) is 0 Å². The molecule has 4 nitrogen and oxygen atoms in total. The van der Waals surface area contributed by atoms with Crippen molar-refractivity contribution in [3.05, 3.63) is 46.6 Å². The first-order valence-corrected chi connectivity index (χ1v) is 7.01. The van der Waals surface area contributed by atoms with E-state index >= 15 is 0 Å². The Morgan fingerprint density at radius 2 is 2.16 bits per heavy atom. The van der Waals surface area contributed by atoms with E-state index in [2.05, 4.69) is 48.2 Å². The third-order valence-electron chi connectivity index (χ3n) is 2.68. The van der Waals surface area contributed by atoms with E-state index in [-0.39, 0.29) is 0 Å². The summed E-state index contributed by atoms with van der Waals surface area (Å²) in [5.74, 6) is 1.58. The van der Waals surface area contributed by atoms with Crippen molar-refractivity contribution >= 4 is 27.7 Å². The predicted octanol–water partition coefficient (Wildman–Crippen LogP) is 3.31. The van der Waals surface area contributed by atoms with Gasteiger partial charge in [0.25, 0.3) is 0 Å². The van der Waals surface area contributed by atoms with Crippen LogP contribution in [-0.2, 0) is 6.54 Å². The monoisotopic (exact) mass is 320 g/mol. The number of hydrogen-bond donors (Lipinski definition) is 1. The summed E-state index contributed by atoms with van der Waals surface area (Å²) in [7, 11) is 2.03. The number of anilines is 2. The molecular weight excluding hydrogens is 304 g/mol. The van der Waals surface area contributed by atoms with Gasteiger partial charge in [0.1, 0.15) is 5.82 Å². The largest absolute Gasteiger partial charge is 0.355 e. The minimum absolute atomic E-state index is 0.668. The molecule has 0 bridgehead atoms. The fourth-order valence-corrected chi connectivity index (χ4v) is 2.24. The lowest BCUT2D eigenvalue weighted by Gasteiger charge is -2.18. The molecule has 0 spiro atoms. The lowest BCUT2D eigenvalue weighted by atomic mass is 10.2. The first kappa shape index (κ1) is 13.8. The van der Waals surface area contributed by atoms with Crippen molar-refractivity contribution < 1.29 is 0 Å². The first-order valence-electron chi connectivity index (χ1n) is 6.21. The lowest BCUT2D eigenvalue weighted by molar-refractivity contribution is 0.889. The quantitative estimate of drug-likeness (QED) is 0.917. The van der Waals surface area contributed by atoms with Gasteiger partial charge >= 0.3 is 0 Å². The molecule has 0 aliphatic heterocycles. The van der Waals surface area contributed by atoms with E-state index in [1.165, 1.54) is 5.56 Å². The Balaban J connectivity index is 2.11. The molecule has 2 rings (SSSR count). The number of nitrogens with zero attached hydrogens (tertiary/aromatic N) is 3. The maximum atomic E-state index is 4.47. The molecule has 2 aromatic rings. The van der Waals surface area contributed by atoms with Crippen LogP contribution in [0.25, 0.3) is 0 Å². The van der Waals surface area contributed by atoms with Crippen LogP contribution < -0.4 is 10.2 Å². The molecule has 0 unspecified atom stereocenters. The highest BCUT2D eigenvalue weighted by Gasteiger charge is 2.05. The van der Waals surface area contributed by atoms with Crippen LogP contribution in [0.15, 0.2) is 41.0 Å². The van der Waals surface area contributed by atoms with E-state index in [1.54, 1.807) is 6.20 Å². The van der Waals surface area contributed by atoms with Crippen molar-refractivity contribution in [2.75, 3.05) is 23.8 Å². The van der Waals surface area contributed by atoms with Gasteiger partial charge in [-0.2, -0.15) is 4.98 Å². The molecule has 0 fully saturated rings. The average Bonchev–Trinajstić information content (AvgIpc) is 2.39. The Morgan fingerprint density at radius 3 is 2.89 bits per heavy atom. The highest BCUT2D eigenvalue weighted by molar-refractivity contribution is 9.10. The van der Waals surface area contributed by atoms with E-state index < -0.39 is 0 Å². The summed E-state index contributed by atoms with van der Waals surface area (Å²) < 4.78 is 1.09. The Labute approximate surface area is 122 Å². The number of rotatable bonds is 5. The van der Waals surface area contributed by atoms with Crippen molar-refractivity contribution in [2.45, 2.75) is 13.5 Å². The normalized spacial score (nSPS) is 10.3. The van der Waals surface area contributed by atoms with Crippen molar-refractivity contribution in [3.63, 3.8) is 0 Å². The van der Waals surface area contributed by atoms with E-state index in [0.717, 1.165) is 23.4 Å². The van der Waals surface area contributed by atoms with E-state index in [4.69, 9.17) is 0 Å². The number of aromatic nitrogens is 2. The maximum Gasteiger partial charge on any atom is 0.224 e. The summed E-state index contributed by atoms with van der Waals surface area (Å²) in [6, 6.07) is 10.2. The predicted molar refractivity (Wildman–Crippen MR) is 82.4 cm³/mol. The van der Waals surface area contributed by atoms with Gasteiger partial charge in [-0.05, 0) is 30.7 Å². The van der Waals surface area contributed by atoms with Crippen LogP contribution in [0.1, 0.15) is 12.5 Å². The van der Waals surface area contributed by atoms with Crippen LogP contribution in [-0.4, -0.2) is 23.6 Å². The zero-order chi connectivity index (χ0) is 13.7. The Hall–Kier alpha value is -1.62. The van der Waals surface area contributed by atoms with Crippen LogP contribution in [0, 0.1) is 0 Å². The van der Waals surface area contributed by atoms with Crippen molar-refractivity contribution in [1.29, 1.82) is 0 Å². The van der Waals surface area contributed by atoms with Crippen LogP contribution >= 0.6 is 15.9 Å². The van der Waals surface area contributed by atoms with Gasteiger partial charge in [0.05, 0.1) is 0 Å². The second kappa shape index (κ2) is 6.52.